The lowest BCUT2D eigenvalue weighted by Crippen LogP contribution is -2.57. The van der Waals surface area contributed by atoms with E-state index >= 15 is 0 Å². The van der Waals surface area contributed by atoms with Gasteiger partial charge >= 0.3 is 0 Å². The molecule has 0 spiro atoms. The van der Waals surface area contributed by atoms with Gasteiger partial charge in [0.2, 0.25) is 0 Å². The van der Waals surface area contributed by atoms with Crippen molar-refractivity contribution in [3.05, 3.63) is 0 Å². The van der Waals surface area contributed by atoms with Crippen molar-refractivity contribution >= 4 is 0 Å². The zero-order valence-electron chi connectivity index (χ0n) is 10.4. The summed E-state index contributed by atoms with van der Waals surface area (Å²) in [5, 5.41) is 3.60. The maximum Gasteiger partial charge on any atom is 0.0222 e. The van der Waals surface area contributed by atoms with Crippen molar-refractivity contribution < 1.29 is 0 Å². The van der Waals surface area contributed by atoms with E-state index in [0.717, 1.165) is 18.1 Å². The lowest BCUT2D eigenvalue weighted by Gasteiger charge is -2.44. The van der Waals surface area contributed by atoms with Gasteiger partial charge in [0.1, 0.15) is 0 Å². The molecule has 0 saturated carbocycles. The Morgan fingerprint density at radius 1 is 1.13 bits per heavy atom. The van der Waals surface area contributed by atoms with Crippen LogP contribution in [0.3, 0.4) is 0 Å². The van der Waals surface area contributed by atoms with E-state index in [1.807, 2.05) is 0 Å². The molecule has 0 aromatic carbocycles. The summed E-state index contributed by atoms with van der Waals surface area (Å²) >= 11 is 0. The second-order valence-corrected chi connectivity index (χ2v) is 5.37. The average Bonchev–Trinajstić information content (AvgIpc) is 2.23. The summed E-state index contributed by atoms with van der Waals surface area (Å²) in [6, 6.07) is 2.24. The van der Waals surface area contributed by atoms with Gasteiger partial charge in [0.05, 0.1) is 0 Å². The van der Waals surface area contributed by atoms with Crippen LogP contribution in [-0.4, -0.2) is 61.2 Å². The molecule has 2 aliphatic heterocycles. The highest BCUT2D eigenvalue weighted by Crippen LogP contribution is 2.17. The van der Waals surface area contributed by atoms with E-state index in [1.54, 1.807) is 0 Å². The number of likely N-dealkylation sites (N-methyl/N-ethyl adjacent to an activating group) is 1. The number of rotatable bonds is 1. The third kappa shape index (κ3) is 2.71. The van der Waals surface area contributed by atoms with Crippen LogP contribution in [0.15, 0.2) is 0 Å². The van der Waals surface area contributed by atoms with Crippen molar-refractivity contribution in [1.29, 1.82) is 0 Å². The zero-order chi connectivity index (χ0) is 10.8. The molecule has 3 unspecified atom stereocenters. The molecule has 0 aliphatic carbocycles. The fraction of sp³-hybridized carbons (Fsp3) is 1.00. The molecule has 0 aromatic rings. The first-order valence-electron chi connectivity index (χ1n) is 6.34. The van der Waals surface area contributed by atoms with Gasteiger partial charge in [-0.15, -0.1) is 0 Å². The summed E-state index contributed by atoms with van der Waals surface area (Å²) < 4.78 is 0. The highest BCUT2D eigenvalue weighted by Gasteiger charge is 2.28. The Balaban J connectivity index is 1.84. The fourth-order valence-corrected chi connectivity index (χ4v) is 2.70. The van der Waals surface area contributed by atoms with E-state index in [4.69, 9.17) is 0 Å². The number of piperidine rings is 1. The molecule has 2 rings (SSSR count). The van der Waals surface area contributed by atoms with Crippen molar-refractivity contribution in [2.45, 2.75) is 44.8 Å². The molecule has 0 aromatic heterocycles. The van der Waals surface area contributed by atoms with Crippen molar-refractivity contribution in [2.75, 3.05) is 33.2 Å². The van der Waals surface area contributed by atoms with Gasteiger partial charge in [0, 0.05) is 44.3 Å². The fourth-order valence-electron chi connectivity index (χ4n) is 2.70. The van der Waals surface area contributed by atoms with Gasteiger partial charge in [0.15, 0.2) is 0 Å². The Bertz CT molecular complexity index is 199. The van der Waals surface area contributed by atoms with Gasteiger partial charge in [-0.25, -0.2) is 0 Å². The normalized spacial score (nSPS) is 40.6. The van der Waals surface area contributed by atoms with E-state index in [2.05, 4.69) is 36.0 Å². The highest BCUT2D eigenvalue weighted by atomic mass is 15.3. The summed E-state index contributed by atoms with van der Waals surface area (Å²) in [6.45, 7) is 9.55. The van der Waals surface area contributed by atoms with Crippen LogP contribution in [-0.2, 0) is 0 Å². The summed E-state index contributed by atoms with van der Waals surface area (Å²) in [7, 11) is 2.24. The van der Waals surface area contributed by atoms with Gasteiger partial charge in [-0.2, -0.15) is 0 Å². The molecular weight excluding hydrogens is 186 g/mol. The van der Waals surface area contributed by atoms with Crippen molar-refractivity contribution in [3.8, 4) is 0 Å². The van der Waals surface area contributed by atoms with E-state index in [-0.39, 0.29) is 0 Å². The summed E-state index contributed by atoms with van der Waals surface area (Å²) in [4.78, 5) is 5.15. The first-order chi connectivity index (χ1) is 7.16. The molecule has 15 heavy (non-hydrogen) atoms. The highest BCUT2D eigenvalue weighted by molar-refractivity contribution is 4.86. The lowest BCUT2D eigenvalue weighted by molar-refractivity contribution is 0.0586. The molecule has 2 saturated heterocycles. The summed E-state index contributed by atoms with van der Waals surface area (Å²) in [6.07, 6.45) is 2.72. The predicted molar refractivity (Wildman–Crippen MR) is 64.2 cm³/mol. The van der Waals surface area contributed by atoms with Crippen LogP contribution in [0.5, 0.6) is 0 Å². The molecule has 0 amide bonds. The molecular formula is C12H25N3. The first-order valence-corrected chi connectivity index (χ1v) is 6.34. The van der Waals surface area contributed by atoms with Crippen LogP contribution < -0.4 is 5.32 Å². The maximum atomic E-state index is 3.60. The molecule has 3 nitrogen and oxygen atoms in total. The van der Waals surface area contributed by atoms with Gasteiger partial charge in [0.25, 0.3) is 0 Å². The van der Waals surface area contributed by atoms with Crippen molar-refractivity contribution in [2.24, 2.45) is 0 Å². The Morgan fingerprint density at radius 3 is 2.53 bits per heavy atom. The monoisotopic (exact) mass is 211 g/mol. The Hall–Kier alpha value is -0.120. The Morgan fingerprint density at radius 2 is 1.93 bits per heavy atom. The topological polar surface area (TPSA) is 18.5 Å². The number of hydrogen-bond acceptors (Lipinski definition) is 3. The zero-order valence-corrected chi connectivity index (χ0v) is 10.4. The molecule has 2 aliphatic rings. The molecule has 2 fully saturated rings. The second kappa shape index (κ2) is 4.81. The van der Waals surface area contributed by atoms with Gasteiger partial charge in [-0.1, -0.05) is 0 Å². The summed E-state index contributed by atoms with van der Waals surface area (Å²) in [5.74, 6) is 0. The van der Waals surface area contributed by atoms with E-state index in [9.17, 15) is 0 Å². The predicted octanol–water partition coefficient (Wildman–Crippen LogP) is 0.763. The third-order valence-corrected chi connectivity index (χ3v) is 4.14. The Kier molecular flexibility index (Phi) is 3.65. The minimum atomic E-state index is 0.720. The molecule has 0 radical (unpaired) electrons. The SMILES string of the molecule is CC1CCC(N2CCN(C)C(C)C2)CN1. The van der Waals surface area contributed by atoms with Crippen LogP contribution in [0.2, 0.25) is 0 Å². The molecule has 88 valence electrons. The quantitative estimate of drug-likeness (QED) is 0.691. The van der Waals surface area contributed by atoms with E-state index < -0.39 is 0 Å². The standard InChI is InChI=1S/C12H25N3/c1-10-4-5-12(8-13-10)15-7-6-14(3)11(2)9-15/h10-13H,4-9H2,1-3H3. The van der Waals surface area contributed by atoms with Gasteiger partial charge in [-0.3, -0.25) is 4.90 Å². The van der Waals surface area contributed by atoms with E-state index in [0.29, 0.717) is 0 Å². The number of nitrogens with one attached hydrogen (secondary N) is 1. The average molecular weight is 211 g/mol. The lowest BCUT2D eigenvalue weighted by atomic mass is 9.99. The van der Waals surface area contributed by atoms with E-state index in [1.165, 1.54) is 39.0 Å². The van der Waals surface area contributed by atoms with Crippen LogP contribution >= 0.6 is 0 Å². The molecule has 3 atom stereocenters. The molecule has 0 bridgehead atoms. The second-order valence-electron chi connectivity index (χ2n) is 5.37. The number of hydrogen-bond donors (Lipinski definition) is 1. The smallest absolute Gasteiger partial charge is 0.0222 e. The first kappa shape index (κ1) is 11.4. The largest absolute Gasteiger partial charge is 0.313 e. The van der Waals surface area contributed by atoms with Crippen LogP contribution in [0.1, 0.15) is 26.7 Å². The minimum absolute atomic E-state index is 0.720. The Labute approximate surface area is 93.8 Å². The van der Waals surface area contributed by atoms with Crippen LogP contribution in [0.4, 0.5) is 0 Å². The van der Waals surface area contributed by atoms with Crippen molar-refractivity contribution in [3.63, 3.8) is 0 Å². The van der Waals surface area contributed by atoms with Crippen LogP contribution in [0, 0.1) is 0 Å². The number of piperazine rings is 1. The van der Waals surface area contributed by atoms with Crippen molar-refractivity contribution in [1.82, 2.24) is 15.1 Å². The third-order valence-electron chi connectivity index (χ3n) is 4.14. The minimum Gasteiger partial charge on any atom is -0.313 e. The molecule has 2 heterocycles. The van der Waals surface area contributed by atoms with Gasteiger partial charge < -0.3 is 10.2 Å². The molecule has 3 heteroatoms. The molecule has 1 N–H and O–H groups in total. The summed E-state index contributed by atoms with van der Waals surface area (Å²) in [5.41, 5.74) is 0. The van der Waals surface area contributed by atoms with Gasteiger partial charge in [-0.05, 0) is 33.7 Å². The maximum absolute atomic E-state index is 3.60. The number of nitrogens with zero attached hydrogens (tertiary/aromatic N) is 2. The van der Waals surface area contributed by atoms with Crippen LogP contribution in [0.25, 0.3) is 0 Å².